The highest BCUT2D eigenvalue weighted by Crippen LogP contribution is 2.22. The molecular weight excluding hydrogens is 261 g/mol. The molecule has 0 amide bonds. The van der Waals surface area contributed by atoms with Gasteiger partial charge in [-0.25, -0.2) is 4.39 Å². The third-order valence-corrected chi connectivity index (χ3v) is 2.65. The highest BCUT2D eigenvalue weighted by molar-refractivity contribution is 7.80. The van der Waals surface area contributed by atoms with E-state index in [1.54, 1.807) is 6.07 Å². The Hall–Kier alpha value is -0.910. The van der Waals surface area contributed by atoms with E-state index in [1.807, 2.05) is 0 Å². The molecule has 94 valence electrons. The van der Waals surface area contributed by atoms with Crippen molar-refractivity contribution in [1.82, 2.24) is 5.32 Å². The van der Waals surface area contributed by atoms with Crippen LogP contribution in [0.4, 0.5) is 10.1 Å². The molecular formula is C11H16ClFN3S+. The van der Waals surface area contributed by atoms with E-state index in [-0.39, 0.29) is 5.82 Å². The molecule has 0 unspecified atom stereocenters. The van der Waals surface area contributed by atoms with Crippen LogP contribution in [0.1, 0.15) is 0 Å². The average Bonchev–Trinajstić information content (AvgIpc) is 2.21. The Morgan fingerprint density at radius 2 is 2.18 bits per heavy atom. The first-order valence-electron chi connectivity index (χ1n) is 5.28. The van der Waals surface area contributed by atoms with Gasteiger partial charge in [0, 0.05) is 0 Å². The van der Waals surface area contributed by atoms with Gasteiger partial charge < -0.3 is 15.5 Å². The van der Waals surface area contributed by atoms with E-state index >= 15 is 0 Å². The summed E-state index contributed by atoms with van der Waals surface area (Å²) >= 11 is 11.0. The van der Waals surface area contributed by atoms with E-state index < -0.39 is 0 Å². The van der Waals surface area contributed by atoms with Gasteiger partial charge in [-0.1, -0.05) is 11.6 Å². The Morgan fingerprint density at radius 1 is 1.47 bits per heavy atom. The van der Waals surface area contributed by atoms with Crippen molar-refractivity contribution in [2.24, 2.45) is 0 Å². The molecule has 0 bridgehead atoms. The molecule has 1 rings (SSSR count). The average molecular weight is 277 g/mol. The van der Waals surface area contributed by atoms with Crippen LogP contribution in [0, 0.1) is 5.82 Å². The molecule has 17 heavy (non-hydrogen) atoms. The van der Waals surface area contributed by atoms with Crippen molar-refractivity contribution >= 4 is 34.6 Å². The zero-order chi connectivity index (χ0) is 12.8. The lowest BCUT2D eigenvalue weighted by Crippen LogP contribution is -3.06. The first-order chi connectivity index (χ1) is 7.99. The van der Waals surface area contributed by atoms with Gasteiger partial charge in [-0.05, 0) is 30.4 Å². The Bertz CT molecular complexity index is 398. The van der Waals surface area contributed by atoms with Crippen molar-refractivity contribution in [3.05, 3.63) is 29.0 Å². The number of nitrogens with one attached hydrogen (secondary N) is 3. The molecule has 3 N–H and O–H groups in total. The number of thiocarbonyl (C=S) groups is 1. The van der Waals surface area contributed by atoms with Crippen molar-refractivity contribution in [1.29, 1.82) is 0 Å². The number of halogens is 2. The van der Waals surface area contributed by atoms with E-state index in [9.17, 15) is 4.39 Å². The third-order valence-electron chi connectivity index (χ3n) is 2.09. The van der Waals surface area contributed by atoms with Crippen molar-refractivity contribution in [2.75, 3.05) is 32.5 Å². The van der Waals surface area contributed by atoms with E-state index in [0.29, 0.717) is 15.8 Å². The maximum atomic E-state index is 12.8. The molecule has 0 aliphatic carbocycles. The standard InChI is InChI=1S/C11H15ClFN3S/c1-16(2)6-5-14-11(17)15-10-4-3-8(13)7-9(10)12/h3-4,7H,5-6H2,1-2H3,(H2,14,15,17)/p+1. The van der Waals surface area contributed by atoms with Gasteiger partial charge in [-0.15, -0.1) is 0 Å². The summed E-state index contributed by atoms with van der Waals surface area (Å²) in [7, 11) is 4.13. The van der Waals surface area contributed by atoms with Gasteiger partial charge in [0.1, 0.15) is 5.82 Å². The lowest BCUT2D eigenvalue weighted by molar-refractivity contribution is -0.856. The van der Waals surface area contributed by atoms with Gasteiger partial charge in [0.05, 0.1) is 37.9 Å². The molecule has 3 nitrogen and oxygen atoms in total. The monoisotopic (exact) mass is 276 g/mol. The lowest BCUT2D eigenvalue weighted by atomic mass is 10.3. The second kappa shape index (κ2) is 6.74. The smallest absolute Gasteiger partial charge is 0.171 e. The minimum Gasteiger partial charge on any atom is -0.357 e. The molecule has 0 radical (unpaired) electrons. The summed E-state index contributed by atoms with van der Waals surface area (Å²) in [4.78, 5) is 1.33. The van der Waals surface area contributed by atoms with Crippen molar-refractivity contribution < 1.29 is 9.29 Å². The summed E-state index contributed by atoms with van der Waals surface area (Å²) < 4.78 is 12.8. The summed E-state index contributed by atoms with van der Waals surface area (Å²) in [6, 6.07) is 4.14. The summed E-state index contributed by atoms with van der Waals surface area (Å²) in [5, 5.41) is 6.77. The predicted molar refractivity (Wildman–Crippen MR) is 73.3 cm³/mol. The minimum absolute atomic E-state index is 0.312. The number of rotatable bonds is 4. The Kier molecular flexibility index (Phi) is 5.61. The van der Waals surface area contributed by atoms with Crippen LogP contribution in [0.25, 0.3) is 0 Å². The summed E-state index contributed by atoms with van der Waals surface area (Å²) in [5.74, 6) is -0.365. The molecule has 0 saturated carbocycles. The van der Waals surface area contributed by atoms with Crippen LogP contribution < -0.4 is 15.5 Å². The highest BCUT2D eigenvalue weighted by atomic mass is 35.5. The van der Waals surface area contributed by atoms with Crippen molar-refractivity contribution in [3.63, 3.8) is 0 Å². The van der Waals surface area contributed by atoms with Crippen molar-refractivity contribution in [2.45, 2.75) is 0 Å². The van der Waals surface area contributed by atoms with Crippen LogP contribution in [0.15, 0.2) is 18.2 Å². The maximum absolute atomic E-state index is 12.8. The first-order valence-corrected chi connectivity index (χ1v) is 6.06. The predicted octanol–water partition coefficient (Wildman–Crippen LogP) is 0.910. The Morgan fingerprint density at radius 3 is 2.76 bits per heavy atom. The van der Waals surface area contributed by atoms with Gasteiger partial charge in [0.2, 0.25) is 0 Å². The zero-order valence-electron chi connectivity index (χ0n) is 9.81. The number of hydrogen-bond acceptors (Lipinski definition) is 1. The number of benzene rings is 1. The van der Waals surface area contributed by atoms with Gasteiger partial charge in [0.25, 0.3) is 0 Å². The SMILES string of the molecule is C[NH+](C)CCNC(=S)Nc1ccc(F)cc1Cl. The van der Waals surface area contributed by atoms with Crippen LogP contribution in [-0.2, 0) is 0 Å². The number of likely N-dealkylation sites (N-methyl/N-ethyl adjacent to an activating group) is 1. The van der Waals surface area contributed by atoms with Crippen molar-refractivity contribution in [3.8, 4) is 0 Å². The molecule has 6 heteroatoms. The van der Waals surface area contributed by atoms with Gasteiger partial charge in [-0.3, -0.25) is 0 Å². The fraction of sp³-hybridized carbons (Fsp3) is 0.364. The van der Waals surface area contributed by atoms with E-state index in [2.05, 4.69) is 24.7 Å². The summed E-state index contributed by atoms with van der Waals surface area (Å²) in [6.45, 7) is 1.73. The van der Waals surface area contributed by atoms with Gasteiger partial charge >= 0.3 is 0 Å². The molecule has 1 aromatic rings. The Balaban J connectivity index is 2.45. The van der Waals surface area contributed by atoms with Crippen LogP contribution in [0.2, 0.25) is 5.02 Å². The van der Waals surface area contributed by atoms with E-state index in [1.165, 1.54) is 17.0 Å². The highest BCUT2D eigenvalue weighted by Gasteiger charge is 2.04. The third kappa shape index (κ3) is 5.30. The molecule has 0 saturated heterocycles. The first kappa shape index (κ1) is 14.2. The molecule has 0 aliphatic rings. The molecule has 1 aromatic carbocycles. The van der Waals surface area contributed by atoms with E-state index in [4.69, 9.17) is 23.8 Å². The molecule has 0 aliphatic heterocycles. The van der Waals surface area contributed by atoms with E-state index in [0.717, 1.165) is 13.1 Å². The quantitative estimate of drug-likeness (QED) is 0.714. The molecule has 0 aromatic heterocycles. The van der Waals surface area contributed by atoms with Crippen LogP contribution in [0.5, 0.6) is 0 Å². The topological polar surface area (TPSA) is 28.5 Å². The van der Waals surface area contributed by atoms with Gasteiger partial charge in [0.15, 0.2) is 5.11 Å². The number of anilines is 1. The Labute approximate surface area is 111 Å². The summed E-state index contributed by atoms with van der Waals surface area (Å²) in [5.41, 5.74) is 0.600. The van der Waals surface area contributed by atoms with Gasteiger partial charge in [-0.2, -0.15) is 0 Å². The minimum atomic E-state index is -0.365. The fourth-order valence-corrected chi connectivity index (χ4v) is 1.61. The molecule has 0 atom stereocenters. The fourth-order valence-electron chi connectivity index (χ4n) is 1.18. The summed E-state index contributed by atoms with van der Waals surface area (Å²) in [6.07, 6.45) is 0. The molecule has 0 fully saturated rings. The number of quaternary nitrogens is 1. The normalized spacial score (nSPS) is 10.4. The largest absolute Gasteiger partial charge is 0.357 e. The number of hydrogen-bond donors (Lipinski definition) is 3. The second-order valence-electron chi connectivity index (χ2n) is 3.96. The molecule has 0 spiro atoms. The maximum Gasteiger partial charge on any atom is 0.171 e. The second-order valence-corrected chi connectivity index (χ2v) is 4.78. The van der Waals surface area contributed by atoms with Crippen LogP contribution in [0.3, 0.4) is 0 Å². The lowest BCUT2D eigenvalue weighted by Gasteiger charge is -2.12. The van der Waals surface area contributed by atoms with Crippen LogP contribution in [-0.4, -0.2) is 32.3 Å². The zero-order valence-corrected chi connectivity index (χ0v) is 11.4. The molecule has 0 heterocycles. The van der Waals surface area contributed by atoms with Crippen LogP contribution >= 0.6 is 23.8 Å².